The van der Waals surface area contributed by atoms with Gasteiger partial charge in [0.15, 0.2) is 0 Å². The number of halogens is 3. The van der Waals surface area contributed by atoms with Gasteiger partial charge in [0.1, 0.15) is 5.69 Å². The molecule has 0 radical (unpaired) electrons. The Hall–Kier alpha value is -1.49. The van der Waals surface area contributed by atoms with Crippen LogP contribution < -0.4 is 0 Å². The van der Waals surface area contributed by atoms with E-state index in [0.29, 0.717) is 28.9 Å². The van der Waals surface area contributed by atoms with Crippen LogP contribution in [0.3, 0.4) is 0 Å². The van der Waals surface area contributed by atoms with Gasteiger partial charge in [0.25, 0.3) is 0 Å². The average Bonchev–Trinajstić information content (AvgIpc) is 2.89. The van der Waals surface area contributed by atoms with E-state index < -0.39 is 0 Å². The Kier molecular flexibility index (Phi) is 5.18. The lowest BCUT2D eigenvalue weighted by molar-refractivity contribution is 0.0515. The SMILES string of the molecule is CCOC(=O)c1cc2cc(Br)ccc2n1Cc1ccc(Cl)c(Cl)c1. The molecule has 124 valence electrons. The molecule has 0 atom stereocenters. The predicted molar refractivity (Wildman–Crippen MR) is 101 cm³/mol. The number of hydrogen-bond donors (Lipinski definition) is 0. The first kappa shape index (κ1) is 17.3. The number of nitrogens with zero attached hydrogens (tertiary/aromatic N) is 1. The fourth-order valence-corrected chi connectivity index (χ4v) is 3.31. The molecule has 0 bridgehead atoms. The zero-order valence-electron chi connectivity index (χ0n) is 12.9. The highest BCUT2D eigenvalue weighted by Crippen LogP contribution is 2.27. The third-order valence-electron chi connectivity index (χ3n) is 3.67. The summed E-state index contributed by atoms with van der Waals surface area (Å²) in [6.45, 7) is 2.62. The van der Waals surface area contributed by atoms with Crippen LogP contribution in [0.15, 0.2) is 46.9 Å². The third kappa shape index (κ3) is 3.46. The third-order valence-corrected chi connectivity index (χ3v) is 4.90. The van der Waals surface area contributed by atoms with Crippen LogP contribution in [0.25, 0.3) is 10.9 Å². The van der Waals surface area contributed by atoms with Crippen molar-refractivity contribution in [2.45, 2.75) is 13.5 Å². The molecular weight excluding hydrogens is 413 g/mol. The van der Waals surface area contributed by atoms with Crippen molar-refractivity contribution in [2.24, 2.45) is 0 Å². The van der Waals surface area contributed by atoms with Gasteiger partial charge < -0.3 is 9.30 Å². The Balaban J connectivity index is 2.11. The second kappa shape index (κ2) is 7.18. The van der Waals surface area contributed by atoms with Crippen LogP contribution in [0.2, 0.25) is 10.0 Å². The quantitative estimate of drug-likeness (QED) is 0.483. The van der Waals surface area contributed by atoms with Gasteiger partial charge in [0.05, 0.1) is 16.7 Å². The lowest BCUT2D eigenvalue weighted by atomic mass is 10.2. The maximum Gasteiger partial charge on any atom is 0.354 e. The molecule has 0 aliphatic rings. The highest BCUT2D eigenvalue weighted by Gasteiger charge is 2.17. The standard InChI is InChI=1S/C18H14BrCl2NO2/c1-2-24-18(23)17-9-12-8-13(19)4-6-16(12)22(17)10-11-3-5-14(20)15(21)7-11/h3-9H,2,10H2,1H3. The van der Waals surface area contributed by atoms with Crippen LogP contribution in [-0.4, -0.2) is 17.1 Å². The molecule has 0 fully saturated rings. The van der Waals surface area contributed by atoms with Crippen molar-refractivity contribution >= 4 is 56.0 Å². The van der Waals surface area contributed by atoms with Crippen LogP contribution in [-0.2, 0) is 11.3 Å². The molecule has 0 N–H and O–H groups in total. The van der Waals surface area contributed by atoms with Crippen molar-refractivity contribution in [3.05, 3.63) is 68.2 Å². The Bertz CT molecular complexity index is 921. The van der Waals surface area contributed by atoms with Crippen LogP contribution in [0.5, 0.6) is 0 Å². The number of benzene rings is 2. The molecule has 0 unspecified atom stereocenters. The average molecular weight is 427 g/mol. The fourth-order valence-electron chi connectivity index (χ4n) is 2.61. The summed E-state index contributed by atoms with van der Waals surface area (Å²) in [7, 11) is 0. The van der Waals surface area contributed by atoms with E-state index in [2.05, 4.69) is 15.9 Å². The minimum atomic E-state index is -0.343. The van der Waals surface area contributed by atoms with Gasteiger partial charge in [-0.15, -0.1) is 0 Å². The molecule has 2 aromatic carbocycles. The zero-order chi connectivity index (χ0) is 17.3. The molecule has 6 heteroatoms. The summed E-state index contributed by atoms with van der Waals surface area (Å²) in [6.07, 6.45) is 0. The number of rotatable bonds is 4. The number of hydrogen-bond acceptors (Lipinski definition) is 2. The molecule has 3 nitrogen and oxygen atoms in total. The number of esters is 1. The molecule has 0 spiro atoms. The Morgan fingerprint density at radius 2 is 1.92 bits per heavy atom. The lowest BCUT2D eigenvalue weighted by Gasteiger charge is -2.11. The molecule has 0 saturated heterocycles. The number of carbonyl (C=O) groups excluding carboxylic acids is 1. The second-order valence-corrected chi connectivity index (χ2v) is 7.02. The summed E-state index contributed by atoms with van der Waals surface area (Å²) in [5, 5.41) is 1.96. The van der Waals surface area contributed by atoms with Crippen molar-refractivity contribution in [2.75, 3.05) is 6.61 Å². The highest BCUT2D eigenvalue weighted by atomic mass is 79.9. The summed E-state index contributed by atoms with van der Waals surface area (Å²) in [4.78, 5) is 12.3. The highest BCUT2D eigenvalue weighted by molar-refractivity contribution is 9.10. The molecule has 0 amide bonds. The molecule has 0 saturated carbocycles. The van der Waals surface area contributed by atoms with Crippen molar-refractivity contribution < 1.29 is 9.53 Å². The largest absolute Gasteiger partial charge is 0.461 e. The molecule has 1 heterocycles. The molecule has 24 heavy (non-hydrogen) atoms. The normalized spacial score (nSPS) is 11.0. The first-order valence-corrected chi connectivity index (χ1v) is 8.94. The van der Waals surface area contributed by atoms with Gasteiger partial charge in [0, 0.05) is 21.9 Å². The van der Waals surface area contributed by atoms with Crippen molar-refractivity contribution in [1.29, 1.82) is 0 Å². The summed E-state index contributed by atoms with van der Waals surface area (Å²) < 4.78 is 8.08. The monoisotopic (exact) mass is 425 g/mol. The summed E-state index contributed by atoms with van der Waals surface area (Å²) >= 11 is 15.5. The van der Waals surface area contributed by atoms with E-state index in [0.717, 1.165) is 20.9 Å². The number of carbonyl (C=O) groups is 1. The van der Waals surface area contributed by atoms with Crippen LogP contribution in [0.4, 0.5) is 0 Å². The molecular formula is C18H14BrCl2NO2. The maximum absolute atomic E-state index is 12.3. The smallest absolute Gasteiger partial charge is 0.354 e. The van der Waals surface area contributed by atoms with E-state index in [9.17, 15) is 4.79 Å². The Morgan fingerprint density at radius 3 is 2.62 bits per heavy atom. The van der Waals surface area contributed by atoms with Gasteiger partial charge in [-0.25, -0.2) is 4.79 Å². The minimum Gasteiger partial charge on any atom is -0.461 e. The van der Waals surface area contributed by atoms with Crippen LogP contribution >= 0.6 is 39.1 Å². The molecule has 3 aromatic rings. The van der Waals surface area contributed by atoms with E-state index in [4.69, 9.17) is 27.9 Å². The van der Waals surface area contributed by atoms with Crippen molar-refractivity contribution in [1.82, 2.24) is 4.57 Å². The van der Waals surface area contributed by atoms with Gasteiger partial charge in [-0.05, 0) is 48.9 Å². The number of ether oxygens (including phenoxy) is 1. The van der Waals surface area contributed by atoms with Crippen molar-refractivity contribution in [3.8, 4) is 0 Å². The van der Waals surface area contributed by atoms with E-state index in [-0.39, 0.29) is 5.97 Å². The second-order valence-electron chi connectivity index (χ2n) is 5.29. The van der Waals surface area contributed by atoms with Crippen LogP contribution in [0.1, 0.15) is 23.0 Å². The molecule has 1 aromatic heterocycles. The zero-order valence-corrected chi connectivity index (χ0v) is 16.0. The maximum atomic E-state index is 12.3. The minimum absolute atomic E-state index is 0.330. The molecule has 3 rings (SSSR count). The fraction of sp³-hybridized carbons (Fsp3) is 0.167. The topological polar surface area (TPSA) is 31.2 Å². The van der Waals surface area contributed by atoms with Gasteiger partial charge >= 0.3 is 5.97 Å². The number of fused-ring (bicyclic) bond motifs is 1. The van der Waals surface area contributed by atoms with E-state index in [1.165, 1.54) is 0 Å². The van der Waals surface area contributed by atoms with Gasteiger partial charge in [-0.3, -0.25) is 0 Å². The first-order chi connectivity index (χ1) is 11.5. The van der Waals surface area contributed by atoms with E-state index in [1.807, 2.05) is 41.0 Å². The summed E-state index contributed by atoms with van der Waals surface area (Å²) in [5.41, 5.74) is 2.42. The van der Waals surface area contributed by atoms with Gasteiger partial charge in [-0.2, -0.15) is 0 Å². The Morgan fingerprint density at radius 1 is 1.12 bits per heavy atom. The van der Waals surface area contributed by atoms with Gasteiger partial charge in [0.2, 0.25) is 0 Å². The summed E-state index contributed by atoms with van der Waals surface area (Å²) in [6, 6.07) is 13.2. The lowest BCUT2D eigenvalue weighted by Crippen LogP contribution is -2.12. The first-order valence-electron chi connectivity index (χ1n) is 7.39. The Labute approximate surface area is 158 Å². The summed E-state index contributed by atoms with van der Waals surface area (Å²) in [5.74, 6) is -0.343. The van der Waals surface area contributed by atoms with Gasteiger partial charge in [-0.1, -0.05) is 45.2 Å². The van der Waals surface area contributed by atoms with E-state index in [1.54, 1.807) is 13.0 Å². The number of aromatic nitrogens is 1. The molecule has 0 aliphatic heterocycles. The molecule has 0 aliphatic carbocycles. The van der Waals surface area contributed by atoms with Crippen LogP contribution in [0, 0.1) is 0 Å². The van der Waals surface area contributed by atoms with E-state index >= 15 is 0 Å². The predicted octanol–water partition coefficient (Wildman–Crippen LogP) is 5.94. The van der Waals surface area contributed by atoms with Crippen molar-refractivity contribution in [3.63, 3.8) is 0 Å².